The fraction of sp³-hybridized carbons (Fsp3) is 0.300. The Bertz CT molecular complexity index is 212. The molecule has 1 nitrogen and oxygen atoms in total. The lowest BCUT2D eigenvalue weighted by atomic mass is 9.99. The summed E-state index contributed by atoms with van der Waals surface area (Å²) in [6.45, 7) is 2.22. The summed E-state index contributed by atoms with van der Waals surface area (Å²) in [5.74, 6) is 1.55. The van der Waals surface area contributed by atoms with E-state index >= 15 is 0 Å². The molecule has 1 saturated heterocycles. The molecule has 57 valence electrons. The molecule has 0 bridgehead atoms. The number of hydrogen-bond donors (Lipinski definition) is 1. The third-order valence-electron chi connectivity index (χ3n) is 2.12. The highest BCUT2D eigenvalue weighted by Gasteiger charge is 2.15. The maximum Gasteiger partial charge on any atom is 0.0199 e. The predicted octanol–water partition coefficient (Wildman–Crippen LogP) is 1.60. The first kappa shape index (κ1) is 6.86. The summed E-state index contributed by atoms with van der Waals surface area (Å²) < 4.78 is 0. The van der Waals surface area contributed by atoms with Gasteiger partial charge < -0.3 is 5.32 Å². The van der Waals surface area contributed by atoms with E-state index in [1.54, 1.807) is 5.92 Å². The zero-order valence-electron chi connectivity index (χ0n) is 6.51. The van der Waals surface area contributed by atoms with Crippen molar-refractivity contribution in [1.29, 1.82) is 0 Å². The molecule has 1 aromatic carbocycles. The van der Waals surface area contributed by atoms with Gasteiger partial charge in [-0.2, -0.15) is 0 Å². The van der Waals surface area contributed by atoms with Crippen molar-refractivity contribution in [3.8, 4) is 0 Å². The van der Waals surface area contributed by atoms with E-state index in [0.717, 1.165) is 13.1 Å². The van der Waals surface area contributed by atoms with E-state index in [-0.39, 0.29) is 0 Å². The molecule has 1 fully saturated rings. The Labute approximate surface area is 67.4 Å². The molecule has 0 unspecified atom stereocenters. The van der Waals surface area contributed by atoms with Gasteiger partial charge in [0.1, 0.15) is 0 Å². The molecule has 1 heteroatoms. The van der Waals surface area contributed by atoms with E-state index in [9.17, 15) is 0 Å². The van der Waals surface area contributed by atoms with Gasteiger partial charge in [0.25, 0.3) is 0 Å². The van der Waals surface area contributed by atoms with Crippen LogP contribution in [-0.4, -0.2) is 13.1 Å². The van der Waals surface area contributed by atoms with Gasteiger partial charge in [-0.3, -0.25) is 0 Å². The van der Waals surface area contributed by atoms with Crippen molar-refractivity contribution in [3.05, 3.63) is 41.8 Å². The van der Waals surface area contributed by atoms with Crippen molar-refractivity contribution in [3.63, 3.8) is 0 Å². The van der Waals surface area contributed by atoms with E-state index in [1.165, 1.54) is 12.0 Å². The van der Waals surface area contributed by atoms with Gasteiger partial charge in [-0.05, 0) is 18.5 Å². The molecule has 1 N–H and O–H groups in total. The number of hydrogen-bond acceptors (Lipinski definition) is 1. The molecule has 0 aliphatic carbocycles. The van der Waals surface area contributed by atoms with Crippen molar-refractivity contribution in [2.75, 3.05) is 13.1 Å². The van der Waals surface area contributed by atoms with Crippen LogP contribution < -0.4 is 5.32 Å². The average Bonchev–Trinajstić information content (AvgIpc) is 2.58. The Kier molecular flexibility index (Phi) is 1.91. The van der Waals surface area contributed by atoms with Crippen LogP contribution in [0.15, 0.2) is 30.3 Å². The van der Waals surface area contributed by atoms with Gasteiger partial charge in [-0.15, -0.1) is 0 Å². The quantitative estimate of drug-likeness (QED) is 0.634. The van der Waals surface area contributed by atoms with Gasteiger partial charge in [-0.25, -0.2) is 0 Å². The molecule has 1 aliphatic rings. The summed E-state index contributed by atoms with van der Waals surface area (Å²) >= 11 is 0. The van der Waals surface area contributed by atoms with Crippen molar-refractivity contribution >= 4 is 0 Å². The summed E-state index contributed by atoms with van der Waals surface area (Å²) in [7, 11) is 0. The molecule has 0 saturated carbocycles. The maximum atomic E-state index is 3.33. The van der Waals surface area contributed by atoms with Crippen molar-refractivity contribution < 1.29 is 0 Å². The van der Waals surface area contributed by atoms with E-state index < -0.39 is 0 Å². The lowest BCUT2D eigenvalue weighted by molar-refractivity contribution is 0.860. The summed E-state index contributed by atoms with van der Waals surface area (Å²) in [4.78, 5) is 0. The van der Waals surface area contributed by atoms with Crippen LogP contribution in [0.5, 0.6) is 0 Å². The van der Waals surface area contributed by atoms with Crippen molar-refractivity contribution in [2.24, 2.45) is 0 Å². The van der Waals surface area contributed by atoms with Crippen LogP contribution in [0.1, 0.15) is 12.0 Å². The van der Waals surface area contributed by atoms with Gasteiger partial charge in [0.05, 0.1) is 0 Å². The summed E-state index contributed by atoms with van der Waals surface area (Å²) in [6.07, 6.45) is 1.21. The van der Waals surface area contributed by atoms with Crippen molar-refractivity contribution in [1.82, 2.24) is 5.32 Å². The fourth-order valence-corrected chi connectivity index (χ4v) is 1.49. The first-order valence-corrected chi connectivity index (χ1v) is 4.07. The maximum absolute atomic E-state index is 3.33. The predicted molar refractivity (Wildman–Crippen MR) is 46.3 cm³/mol. The molecule has 0 atom stereocenters. The number of rotatable bonds is 1. The second kappa shape index (κ2) is 3.05. The van der Waals surface area contributed by atoms with Crippen LogP contribution in [0, 0.1) is 5.92 Å². The summed E-state index contributed by atoms with van der Waals surface area (Å²) in [6, 6.07) is 10.6. The lowest BCUT2D eigenvalue weighted by Gasteiger charge is -2.05. The third-order valence-corrected chi connectivity index (χ3v) is 2.12. The van der Waals surface area contributed by atoms with Crippen LogP contribution >= 0.6 is 0 Å². The molecule has 11 heavy (non-hydrogen) atoms. The van der Waals surface area contributed by atoms with Gasteiger partial charge in [0, 0.05) is 12.5 Å². The SMILES string of the molecule is c1ccc([C]2CCNC2)cc1. The first-order valence-electron chi connectivity index (χ1n) is 4.07. The van der Waals surface area contributed by atoms with Crippen molar-refractivity contribution in [2.45, 2.75) is 6.42 Å². The van der Waals surface area contributed by atoms with Crippen LogP contribution in [0.3, 0.4) is 0 Å². The second-order valence-electron chi connectivity index (χ2n) is 2.90. The molecular weight excluding hydrogens is 134 g/mol. The Morgan fingerprint density at radius 2 is 1.91 bits per heavy atom. The summed E-state index contributed by atoms with van der Waals surface area (Å²) in [5, 5.41) is 3.33. The van der Waals surface area contributed by atoms with Crippen LogP contribution in [-0.2, 0) is 0 Å². The minimum absolute atomic E-state index is 1.07. The average molecular weight is 146 g/mol. The van der Waals surface area contributed by atoms with Gasteiger partial charge >= 0.3 is 0 Å². The number of nitrogens with one attached hydrogen (secondary N) is 1. The highest BCUT2D eigenvalue weighted by atomic mass is 14.9. The molecule has 2 rings (SSSR count). The van der Waals surface area contributed by atoms with E-state index in [1.807, 2.05) is 0 Å². The van der Waals surface area contributed by atoms with Crippen LogP contribution in [0.4, 0.5) is 0 Å². The first-order chi connectivity index (χ1) is 5.47. The minimum Gasteiger partial charge on any atom is -0.316 e. The standard InChI is InChI=1S/C10H12N/c1-2-4-9(5-3-1)10-6-7-11-8-10/h1-5,11H,6-8H2. The molecule has 0 spiro atoms. The van der Waals surface area contributed by atoms with E-state index in [2.05, 4.69) is 35.6 Å². The molecule has 0 aromatic heterocycles. The highest BCUT2D eigenvalue weighted by Crippen LogP contribution is 2.19. The second-order valence-corrected chi connectivity index (χ2v) is 2.90. The molecule has 0 amide bonds. The molecular formula is C10H12N. The third kappa shape index (κ3) is 1.43. The molecule has 1 radical (unpaired) electrons. The number of benzene rings is 1. The Balaban J connectivity index is 2.16. The van der Waals surface area contributed by atoms with Gasteiger partial charge in [0.15, 0.2) is 0 Å². The van der Waals surface area contributed by atoms with Gasteiger partial charge in [0.2, 0.25) is 0 Å². The largest absolute Gasteiger partial charge is 0.316 e. The topological polar surface area (TPSA) is 12.0 Å². The molecule has 1 aromatic rings. The Morgan fingerprint density at radius 1 is 1.09 bits per heavy atom. The lowest BCUT2D eigenvalue weighted by Crippen LogP contribution is -2.08. The highest BCUT2D eigenvalue weighted by molar-refractivity contribution is 5.32. The minimum atomic E-state index is 1.07. The van der Waals surface area contributed by atoms with Gasteiger partial charge in [-0.1, -0.05) is 30.3 Å². The zero-order chi connectivity index (χ0) is 7.52. The normalized spacial score (nSPS) is 18.9. The zero-order valence-corrected chi connectivity index (χ0v) is 6.51. The molecule has 1 heterocycles. The fourth-order valence-electron chi connectivity index (χ4n) is 1.49. The van der Waals surface area contributed by atoms with E-state index in [0.29, 0.717) is 0 Å². The molecule has 1 aliphatic heterocycles. The van der Waals surface area contributed by atoms with E-state index in [4.69, 9.17) is 0 Å². The summed E-state index contributed by atoms with van der Waals surface area (Å²) in [5.41, 5.74) is 1.40. The Hall–Kier alpha value is -0.820. The Morgan fingerprint density at radius 3 is 2.55 bits per heavy atom. The van der Waals surface area contributed by atoms with Crippen LogP contribution in [0.2, 0.25) is 0 Å². The monoisotopic (exact) mass is 146 g/mol. The smallest absolute Gasteiger partial charge is 0.0199 e. The van der Waals surface area contributed by atoms with Crippen LogP contribution in [0.25, 0.3) is 0 Å².